The van der Waals surface area contributed by atoms with E-state index in [2.05, 4.69) is 4.98 Å². The van der Waals surface area contributed by atoms with Gasteiger partial charge in [-0.05, 0) is 17.9 Å². The third kappa shape index (κ3) is 3.96. The summed E-state index contributed by atoms with van der Waals surface area (Å²) in [6.45, 7) is 6.44. The topological polar surface area (TPSA) is 39.2 Å². The Morgan fingerprint density at radius 2 is 2.19 bits per heavy atom. The molecule has 1 heterocycles. The predicted molar refractivity (Wildman–Crippen MR) is 58.5 cm³/mol. The molecule has 1 rings (SSSR count). The Labute approximate surface area is 94.6 Å². The van der Waals surface area contributed by atoms with Crippen LogP contribution in [0.15, 0.2) is 18.5 Å². The molecule has 0 aliphatic rings. The predicted octanol–water partition coefficient (Wildman–Crippen LogP) is 2.81. The zero-order chi connectivity index (χ0) is 12.2. The third-order valence-corrected chi connectivity index (χ3v) is 2.08. The Hall–Kier alpha value is -1.45. The van der Waals surface area contributed by atoms with E-state index in [1.807, 2.05) is 20.8 Å². The Morgan fingerprint density at radius 3 is 2.75 bits per heavy atom. The van der Waals surface area contributed by atoms with Crippen LogP contribution < -0.4 is 0 Å². The first-order valence-electron chi connectivity index (χ1n) is 5.17. The van der Waals surface area contributed by atoms with Crippen LogP contribution in [0.4, 0.5) is 4.39 Å². The van der Waals surface area contributed by atoms with Crippen molar-refractivity contribution in [2.75, 3.05) is 6.61 Å². The van der Waals surface area contributed by atoms with Gasteiger partial charge >= 0.3 is 5.97 Å². The van der Waals surface area contributed by atoms with Gasteiger partial charge in [0.15, 0.2) is 5.82 Å². The second-order valence-corrected chi connectivity index (χ2v) is 4.80. The zero-order valence-corrected chi connectivity index (χ0v) is 9.79. The van der Waals surface area contributed by atoms with Gasteiger partial charge < -0.3 is 4.74 Å². The van der Waals surface area contributed by atoms with E-state index < -0.39 is 11.8 Å². The maximum atomic E-state index is 13.1. The third-order valence-electron chi connectivity index (χ3n) is 2.08. The van der Waals surface area contributed by atoms with Crippen molar-refractivity contribution in [1.29, 1.82) is 0 Å². The van der Waals surface area contributed by atoms with Crippen molar-refractivity contribution >= 4 is 5.97 Å². The summed E-state index contributed by atoms with van der Waals surface area (Å²) in [6, 6.07) is 1.31. The largest absolute Gasteiger partial charge is 0.462 e. The molecule has 0 radical (unpaired) electrons. The highest BCUT2D eigenvalue weighted by Crippen LogP contribution is 2.18. The molecule has 0 N–H and O–H groups in total. The van der Waals surface area contributed by atoms with Crippen molar-refractivity contribution in [1.82, 2.24) is 4.98 Å². The van der Waals surface area contributed by atoms with E-state index in [4.69, 9.17) is 4.74 Å². The number of halogens is 1. The number of hydrogen-bond acceptors (Lipinski definition) is 3. The lowest BCUT2D eigenvalue weighted by molar-refractivity contribution is 0.0459. The lowest BCUT2D eigenvalue weighted by atomic mass is 9.93. The number of carbonyl (C=O) groups is 1. The van der Waals surface area contributed by atoms with Crippen molar-refractivity contribution in [2.24, 2.45) is 5.41 Å². The van der Waals surface area contributed by atoms with Crippen LogP contribution in [0.1, 0.15) is 37.6 Å². The monoisotopic (exact) mass is 225 g/mol. The number of nitrogens with zero attached hydrogens (tertiary/aromatic N) is 1. The molecule has 88 valence electrons. The van der Waals surface area contributed by atoms with E-state index in [1.165, 1.54) is 12.3 Å². The molecule has 0 aliphatic carbocycles. The van der Waals surface area contributed by atoms with Crippen molar-refractivity contribution in [2.45, 2.75) is 27.2 Å². The molecule has 0 unspecified atom stereocenters. The number of pyridine rings is 1. The summed E-state index contributed by atoms with van der Waals surface area (Å²) in [5, 5.41) is 0. The molecule has 0 fully saturated rings. The summed E-state index contributed by atoms with van der Waals surface area (Å²) < 4.78 is 18.1. The SMILES string of the molecule is CC(C)(C)CCOC(=O)c1ccncc1F. The average Bonchev–Trinajstić information content (AvgIpc) is 2.16. The number of carbonyl (C=O) groups excluding carboxylic acids is 1. The molecule has 1 aromatic rings. The summed E-state index contributed by atoms with van der Waals surface area (Å²) in [7, 11) is 0. The van der Waals surface area contributed by atoms with E-state index in [0.29, 0.717) is 6.61 Å². The number of ether oxygens (including phenoxy) is 1. The van der Waals surface area contributed by atoms with Gasteiger partial charge in [0.1, 0.15) is 0 Å². The maximum absolute atomic E-state index is 13.1. The fourth-order valence-electron chi connectivity index (χ4n) is 1.07. The molecule has 0 amide bonds. The minimum atomic E-state index is -0.650. The second-order valence-electron chi connectivity index (χ2n) is 4.80. The average molecular weight is 225 g/mol. The van der Waals surface area contributed by atoms with Crippen LogP contribution in [-0.2, 0) is 4.74 Å². The van der Waals surface area contributed by atoms with Crippen molar-refractivity contribution in [3.63, 3.8) is 0 Å². The first-order valence-corrected chi connectivity index (χ1v) is 5.17. The van der Waals surface area contributed by atoms with Crippen molar-refractivity contribution in [3.05, 3.63) is 29.8 Å². The van der Waals surface area contributed by atoms with Gasteiger partial charge in [-0.2, -0.15) is 0 Å². The van der Waals surface area contributed by atoms with E-state index >= 15 is 0 Å². The van der Waals surface area contributed by atoms with Gasteiger partial charge in [-0.1, -0.05) is 20.8 Å². The Balaban J connectivity index is 2.51. The summed E-state index contributed by atoms with van der Waals surface area (Å²) in [5.74, 6) is -1.28. The highest BCUT2D eigenvalue weighted by atomic mass is 19.1. The van der Waals surface area contributed by atoms with Gasteiger partial charge in [-0.25, -0.2) is 9.18 Å². The molecule has 0 saturated carbocycles. The van der Waals surface area contributed by atoms with Gasteiger partial charge in [0.05, 0.1) is 18.4 Å². The van der Waals surface area contributed by atoms with E-state index in [-0.39, 0.29) is 11.0 Å². The van der Waals surface area contributed by atoms with Crippen molar-refractivity contribution < 1.29 is 13.9 Å². The molecular weight excluding hydrogens is 209 g/mol. The molecule has 0 bridgehead atoms. The standard InChI is InChI=1S/C12H16FNO2/c1-12(2,3)5-7-16-11(15)9-4-6-14-8-10(9)13/h4,6,8H,5,7H2,1-3H3. The zero-order valence-electron chi connectivity index (χ0n) is 9.79. The Kier molecular flexibility index (Phi) is 3.99. The van der Waals surface area contributed by atoms with E-state index in [0.717, 1.165) is 12.6 Å². The minimum Gasteiger partial charge on any atom is -0.462 e. The van der Waals surface area contributed by atoms with Gasteiger partial charge in [-0.3, -0.25) is 4.98 Å². The van der Waals surface area contributed by atoms with Gasteiger partial charge in [-0.15, -0.1) is 0 Å². The van der Waals surface area contributed by atoms with Crippen LogP contribution in [-0.4, -0.2) is 17.6 Å². The van der Waals surface area contributed by atoms with Crippen molar-refractivity contribution in [3.8, 4) is 0 Å². The van der Waals surface area contributed by atoms with Crippen LogP contribution in [0.5, 0.6) is 0 Å². The van der Waals surface area contributed by atoms with Crippen LogP contribution in [0.2, 0.25) is 0 Å². The van der Waals surface area contributed by atoms with Crippen LogP contribution in [0, 0.1) is 11.2 Å². The molecule has 0 saturated heterocycles. The molecule has 1 aromatic heterocycles. The first-order chi connectivity index (χ1) is 7.40. The number of esters is 1. The van der Waals surface area contributed by atoms with E-state index in [1.54, 1.807) is 0 Å². The number of rotatable bonds is 3. The molecule has 0 aromatic carbocycles. The molecule has 0 spiro atoms. The molecular formula is C12H16FNO2. The molecule has 0 atom stereocenters. The van der Waals surface area contributed by atoms with Gasteiger partial charge in [0, 0.05) is 6.20 Å². The highest BCUT2D eigenvalue weighted by molar-refractivity contribution is 5.89. The van der Waals surface area contributed by atoms with Crippen LogP contribution >= 0.6 is 0 Å². The molecule has 16 heavy (non-hydrogen) atoms. The highest BCUT2D eigenvalue weighted by Gasteiger charge is 2.15. The summed E-state index contributed by atoms with van der Waals surface area (Å²) in [4.78, 5) is 15.0. The number of hydrogen-bond donors (Lipinski definition) is 0. The fraction of sp³-hybridized carbons (Fsp3) is 0.500. The summed E-state index contributed by atoms with van der Waals surface area (Å²) >= 11 is 0. The minimum absolute atomic E-state index is 0.0658. The Morgan fingerprint density at radius 1 is 1.50 bits per heavy atom. The van der Waals surface area contributed by atoms with Crippen LogP contribution in [0.25, 0.3) is 0 Å². The van der Waals surface area contributed by atoms with E-state index in [9.17, 15) is 9.18 Å². The molecule has 4 heteroatoms. The second kappa shape index (κ2) is 5.05. The normalized spacial score (nSPS) is 11.2. The molecule has 0 aliphatic heterocycles. The smallest absolute Gasteiger partial charge is 0.341 e. The maximum Gasteiger partial charge on any atom is 0.341 e. The number of aromatic nitrogens is 1. The molecule has 3 nitrogen and oxygen atoms in total. The van der Waals surface area contributed by atoms with Crippen LogP contribution in [0.3, 0.4) is 0 Å². The Bertz CT molecular complexity index is 372. The van der Waals surface area contributed by atoms with Gasteiger partial charge in [0.25, 0.3) is 0 Å². The first kappa shape index (κ1) is 12.6. The lowest BCUT2D eigenvalue weighted by Crippen LogP contribution is -2.14. The summed E-state index contributed by atoms with van der Waals surface area (Å²) in [6.07, 6.45) is 3.11. The fourth-order valence-corrected chi connectivity index (χ4v) is 1.07. The quantitative estimate of drug-likeness (QED) is 0.742. The lowest BCUT2D eigenvalue weighted by Gasteiger charge is -2.17. The van der Waals surface area contributed by atoms with Gasteiger partial charge in [0.2, 0.25) is 0 Å². The summed E-state index contributed by atoms with van der Waals surface area (Å²) in [5.41, 5.74) is 0.0285.